The van der Waals surface area contributed by atoms with Crippen LogP contribution in [0.4, 0.5) is 0 Å². The van der Waals surface area contributed by atoms with Gasteiger partial charge in [0, 0.05) is 5.92 Å². The van der Waals surface area contributed by atoms with Crippen LogP contribution in [0.2, 0.25) is 0 Å². The van der Waals surface area contributed by atoms with Crippen molar-refractivity contribution >= 4 is 0 Å². The zero-order valence-corrected chi connectivity index (χ0v) is 23.1. The van der Waals surface area contributed by atoms with Crippen LogP contribution < -0.4 is 0 Å². The maximum absolute atomic E-state index is 6.22. The minimum absolute atomic E-state index is 0.230. The summed E-state index contributed by atoms with van der Waals surface area (Å²) in [6.07, 6.45) is 18.1. The summed E-state index contributed by atoms with van der Waals surface area (Å²) in [7, 11) is 0. The molecule has 1 nitrogen and oxygen atoms in total. The Bertz CT molecular complexity index is 1060. The summed E-state index contributed by atoms with van der Waals surface area (Å²) in [6, 6.07) is 27.6. The molecule has 0 saturated carbocycles. The third-order valence-electron chi connectivity index (χ3n) is 7.83. The molecule has 0 aliphatic heterocycles. The fourth-order valence-corrected chi connectivity index (χ4v) is 5.27. The second kappa shape index (κ2) is 14.9. The molecule has 0 amide bonds. The maximum Gasteiger partial charge on any atom is 0.0760 e. The van der Waals surface area contributed by atoms with Gasteiger partial charge in [-0.25, -0.2) is 0 Å². The summed E-state index contributed by atoms with van der Waals surface area (Å²) in [5, 5.41) is 0. The normalized spacial score (nSPS) is 17.2. The van der Waals surface area contributed by atoms with Gasteiger partial charge < -0.3 is 4.74 Å². The Kier molecular flexibility index (Phi) is 11.1. The minimum Gasteiger partial charge on any atom is -0.369 e. The molecule has 37 heavy (non-hydrogen) atoms. The van der Waals surface area contributed by atoms with E-state index in [-0.39, 0.29) is 6.10 Å². The number of unbranched alkanes of at least 4 members (excludes halogenated alkanes) is 3. The van der Waals surface area contributed by atoms with E-state index in [0.29, 0.717) is 12.5 Å². The molecule has 196 valence electrons. The standard InChI is InChI=1S/C36H46O/c1-3-5-7-9-30-16-18-33(19-17-30)28-37-36-26-24-35(25-27-36)34-22-20-32(21-23-34)15-14-31-12-10-29(11-13-31)8-6-4-2/h10-13,16-24,26,35-36H,3-9,14-15,25,27-28H2,1-2H3. The van der Waals surface area contributed by atoms with Crippen LogP contribution in [-0.4, -0.2) is 6.10 Å². The molecule has 0 heterocycles. The van der Waals surface area contributed by atoms with Crippen LogP contribution in [0, 0.1) is 0 Å². The Morgan fingerprint density at radius 2 is 1.05 bits per heavy atom. The fraction of sp³-hybridized carbons (Fsp3) is 0.444. The first-order valence-corrected chi connectivity index (χ1v) is 14.8. The Labute approximate surface area is 226 Å². The van der Waals surface area contributed by atoms with E-state index < -0.39 is 0 Å². The SMILES string of the molecule is CCCCCc1ccc(COC2C=CC(c3ccc(CCc4ccc(CCCC)cc4)cc3)CC2)cc1. The zero-order valence-electron chi connectivity index (χ0n) is 23.1. The van der Waals surface area contributed by atoms with Crippen molar-refractivity contribution in [3.05, 3.63) is 118 Å². The molecule has 0 fully saturated rings. The number of hydrogen-bond acceptors (Lipinski definition) is 1. The van der Waals surface area contributed by atoms with Gasteiger partial charge in [0.1, 0.15) is 0 Å². The van der Waals surface area contributed by atoms with E-state index in [1.807, 2.05) is 0 Å². The van der Waals surface area contributed by atoms with Gasteiger partial charge in [0.15, 0.2) is 0 Å². The van der Waals surface area contributed by atoms with E-state index in [1.54, 1.807) is 0 Å². The van der Waals surface area contributed by atoms with Gasteiger partial charge in [-0.1, -0.05) is 118 Å². The number of allylic oxidation sites excluding steroid dienone is 1. The van der Waals surface area contributed by atoms with Gasteiger partial charge in [-0.05, 0) is 84.7 Å². The van der Waals surface area contributed by atoms with Gasteiger partial charge in [0.25, 0.3) is 0 Å². The molecule has 0 saturated heterocycles. The summed E-state index contributed by atoms with van der Waals surface area (Å²) in [4.78, 5) is 0. The minimum atomic E-state index is 0.230. The Hall–Kier alpha value is -2.64. The molecule has 0 N–H and O–H groups in total. The van der Waals surface area contributed by atoms with Crippen molar-refractivity contribution in [2.75, 3.05) is 0 Å². The van der Waals surface area contributed by atoms with Gasteiger partial charge in [0.05, 0.1) is 12.7 Å². The number of benzene rings is 3. The van der Waals surface area contributed by atoms with Crippen molar-refractivity contribution in [1.82, 2.24) is 0 Å². The highest BCUT2D eigenvalue weighted by Gasteiger charge is 2.17. The first-order valence-electron chi connectivity index (χ1n) is 14.8. The van der Waals surface area contributed by atoms with E-state index in [1.165, 1.54) is 78.3 Å². The Balaban J connectivity index is 1.19. The average Bonchev–Trinajstić information content (AvgIpc) is 2.96. The zero-order chi connectivity index (χ0) is 25.7. The molecular weight excluding hydrogens is 448 g/mol. The monoisotopic (exact) mass is 494 g/mol. The lowest BCUT2D eigenvalue weighted by Crippen LogP contribution is -2.16. The Morgan fingerprint density at radius 1 is 0.541 bits per heavy atom. The average molecular weight is 495 g/mol. The summed E-state index contributed by atoms with van der Waals surface area (Å²) in [5.41, 5.74) is 8.48. The second-order valence-corrected chi connectivity index (χ2v) is 10.9. The van der Waals surface area contributed by atoms with Crippen molar-refractivity contribution in [2.45, 2.75) is 103 Å². The number of ether oxygens (including phenoxy) is 1. The molecule has 0 spiro atoms. The predicted molar refractivity (Wildman–Crippen MR) is 158 cm³/mol. The van der Waals surface area contributed by atoms with Gasteiger partial charge in [0.2, 0.25) is 0 Å². The van der Waals surface area contributed by atoms with Crippen molar-refractivity contribution in [2.24, 2.45) is 0 Å². The molecule has 0 aromatic heterocycles. The highest BCUT2D eigenvalue weighted by atomic mass is 16.5. The highest BCUT2D eigenvalue weighted by Crippen LogP contribution is 2.29. The fourth-order valence-electron chi connectivity index (χ4n) is 5.27. The highest BCUT2D eigenvalue weighted by molar-refractivity contribution is 5.31. The van der Waals surface area contributed by atoms with Gasteiger partial charge in [-0.3, -0.25) is 0 Å². The van der Waals surface area contributed by atoms with E-state index in [0.717, 1.165) is 25.7 Å². The summed E-state index contributed by atoms with van der Waals surface area (Å²) in [5.74, 6) is 0.506. The second-order valence-electron chi connectivity index (χ2n) is 10.9. The van der Waals surface area contributed by atoms with Crippen LogP contribution in [-0.2, 0) is 37.0 Å². The molecule has 0 radical (unpaired) electrons. The quantitative estimate of drug-likeness (QED) is 0.160. The van der Waals surface area contributed by atoms with Crippen LogP contribution in [0.1, 0.15) is 98.1 Å². The van der Waals surface area contributed by atoms with Crippen LogP contribution in [0.5, 0.6) is 0 Å². The van der Waals surface area contributed by atoms with Gasteiger partial charge in [-0.15, -0.1) is 0 Å². The summed E-state index contributed by atoms with van der Waals surface area (Å²) < 4.78 is 6.22. The van der Waals surface area contributed by atoms with E-state index in [4.69, 9.17) is 4.74 Å². The lowest BCUT2D eigenvalue weighted by Gasteiger charge is -2.23. The number of hydrogen-bond donors (Lipinski definition) is 0. The Morgan fingerprint density at radius 3 is 1.59 bits per heavy atom. The van der Waals surface area contributed by atoms with Crippen LogP contribution in [0.3, 0.4) is 0 Å². The van der Waals surface area contributed by atoms with Crippen molar-refractivity contribution in [3.8, 4) is 0 Å². The van der Waals surface area contributed by atoms with E-state index >= 15 is 0 Å². The lowest BCUT2D eigenvalue weighted by atomic mass is 9.87. The first kappa shape index (κ1) is 27.4. The van der Waals surface area contributed by atoms with Crippen molar-refractivity contribution < 1.29 is 4.74 Å². The van der Waals surface area contributed by atoms with E-state index in [2.05, 4.69) is 98.8 Å². The number of rotatable bonds is 14. The van der Waals surface area contributed by atoms with Crippen LogP contribution >= 0.6 is 0 Å². The third-order valence-corrected chi connectivity index (χ3v) is 7.83. The van der Waals surface area contributed by atoms with Crippen LogP contribution in [0.25, 0.3) is 0 Å². The number of aryl methyl sites for hydroxylation is 4. The largest absolute Gasteiger partial charge is 0.369 e. The molecule has 0 bridgehead atoms. The molecular formula is C36H46O. The third kappa shape index (κ3) is 9.00. The molecule has 1 aliphatic rings. The smallest absolute Gasteiger partial charge is 0.0760 e. The molecule has 1 aliphatic carbocycles. The molecule has 2 unspecified atom stereocenters. The first-order chi connectivity index (χ1) is 18.2. The molecule has 3 aromatic carbocycles. The van der Waals surface area contributed by atoms with E-state index in [9.17, 15) is 0 Å². The van der Waals surface area contributed by atoms with Gasteiger partial charge >= 0.3 is 0 Å². The molecule has 1 heteroatoms. The topological polar surface area (TPSA) is 9.23 Å². The van der Waals surface area contributed by atoms with Gasteiger partial charge in [-0.2, -0.15) is 0 Å². The van der Waals surface area contributed by atoms with Crippen LogP contribution in [0.15, 0.2) is 84.9 Å². The molecule has 4 rings (SSSR count). The molecule has 3 aromatic rings. The summed E-state index contributed by atoms with van der Waals surface area (Å²) in [6.45, 7) is 5.21. The summed E-state index contributed by atoms with van der Waals surface area (Å²) >= 11 is 0. The van der Waals surface area contributed by atoms with Crippen molar-refractivity contribution in [1.29, 1.82) is 0 Å². The molecule has 2 atom stereocenters. The lowest BCUT2D eigenvalue weighted by molar-refractivity contribution is 0.0612. The van der Waals surface area contributed by atoms with Crippen molar-refractivity contribution in [3.63, 3.8) is 0 Å². The maximum atomic E-state index is 6.22. The predicted octanol–water partition coefficient (Wildman–Crippen LogP) is 9.57.